The molecule has 0 radical (unpaired) electrons. The third-order valence-electron chi connectivity index (χ3n) is 5.76. The van der Waals surface area contributed by atoms with E-state index in [0.717, 1.165) is 52.9 Å². The van der Waals surface area contributed by atoms with Gasteiger partial charge >= 0.3 is 0 Å². The fraction of sp³-hybridized carbons (Fsp3) is 0.385. The molecule has 0 spiro atoms. The Bertz CT molecular complexity index is 1160. The second-order valence-corrected chi connectivity index (χ2v) is 9.09. The molecule has 0 bridgehead atoms. The van der Waals surface area contributed by atoms with Gasteiger partial charge in [0.25, 0.3) is 5.56 Å². The topological polar surface area (TPSA) is 60.6 Å². The maximum absolute atomic E-state index is 13.0. The van der Waals surface area contributed by atoms with Crippen molar-refractivity contribution < 1.29 is 4.74 Å². The van der Waals surface area contributed by atoms with Crippen LogP contribution in [0, 0.1) is 13.8 Å². The van der Waals surface area contributed by atoms with Crippen molar-refractivity contribution in [3.63, 3.8) is 0 Å². The van der Waals surface area contributed by atoms with E-state index in [0.29, 0.717) is 23.8 Å². The molecule has 33 heavy (non-hydrogen) atoms. The number of benzene rings is 2. The lowest BCUT2D eigenvalue weighted by Gasteiger charge is -2.26. The molecule has 3 rings (SSSR count). The van der Waals surface area contributed by atoms with E-state index in [1.54, 1.807) is 7.11 Å². The summed E-state index contributed by atoms with van der Waals surface area (Å²) in [5, 5.41) is 5.08. The van der Waals surface area contributed by atoms with Crippen molar-refractivity contribution >= 4 is 28.2 Å². The second-order valence-electron chi connectivity index (χ2n) is 8.70. The minimum Gasteiger partial charge on any atom is -0.497 e. The minimum absolute atomic E-state index is 0.0775. The Morgan fingerprint density at radius 3 is 2.42 bits per heavy atom. The first kappa shape index (κ1) is 24.7. The lowest BCUT2D eigenvalue weighted by atomic mass is 10.0. The largest absolute Gasteiger partial charge is 0.497 e. The Balaban J connectivity index is 1.86. The monoisotopic (exact) mass is 466 g/mol. The number of aromatic amines is 1. The van der Waals surface area contributed by atoms with Crippen molar-refractivity contribution in [1.82, 2.24) is 20.1 Å². The SMILES string of the molecule is COc1ccc(CN(Cc2cc3c(C)ccc(C)c3[nH]c2=O)C(=S)NCCCN(C)C)cc1. The molecule has 0 atom stereocenters. The molecule has 0 amide bonds. The van der Waals surface area contributed by atoms with Gasteiger partial charge in [0.1, 0.15) is 5.75 Å². The zero-order valence-electron chi connectivity index (χ0n) is 20.2. The summed E-state index contributed by atoms with van der Waals surface area (Å²) in [6.07, 6.45) is 0.985. The van der Waals surface area contributed by atoms with Crippen LogP contribution in [0.4, 0.5) is 0 Å². The number of ether oxygens (including phenoxy) is 1. The van der Waals surface area contributed by atoms with Gasteiger partial charge in [-0.2, -0.15) is 0 Å². The van der Waals surface area contributed by atoms with Crippen LogP contribution in [-0.4, -0.2) is 54.2 Å². The zero-order valence-corrected chi connectivity index (χ0v) is 21.0. The van der Waals surface area contributed by atoms with Gasteiger partial charge in [-0.05, 0) is 88.0 Å². The first-order valence-electron chi connectivity index (χ1n) is 11.2. The van der Waals surface area contributed by atoms with Gasteiger partial charge in [-0.1, -0.05) is 24.3 Å². The van der Waals surface area contributed by atoms with E-state index in [9.17, 15) is 4.79 Å². The van der Waals surface area contributed by atoms with Crippen LogP contribution in [0.15, 0.2) is 47.3 Å². The molecular weight excluding hydrogens is 432 g/mol. The van der Waals surface area contributed by atoms with E-state index in [4.69, 9.17) is 17.0 Å². The van der Waals surface area contributed by atoms with E-state index in [1.807, 2.05) is 48.2 Å². The average Bonchev–Trinajstić information content (AvgIpc) is 2.79. The number of methoxy groups -OCH3 is 1. The van der Waals surface area contributed by atoms with Gasteiger partial charge in [0.05, 0.1) is 19.2 Å². The molecule has 1 aromatic heterocycles. The summed E-state index contributed by atoms with van der Waals surface area (Å²) in [6.45, 7) is 6.85. The molecule has 0 aliphatic carbocycles. The quantitative estimate of drug-likeness (QED) is 0.367. The Labute approximate surface area is 201 Å². The van der Waals surface area contributed by atoms with E-state index in [-0.39, 0.29) is 5.56 Å². The van der Waals surface area contributed by atoms with E-state index in [2.05, 4.69) is 42.3 Å². The number of aromatic nitrogens is 1. The van der Waals surface area contributed by atoms with E-state index in [1.165, 1.54) is 0 Å². The Kier molecular flexibility index (Phi) is 8.47. The molecule has 0 saturated carbocycles. The maximum Gasteiger partial charge on any atom is 0.253 e. The van der Waals surface area contributed by atoms with Crippen molar-refractivity contribution in [3.8, 4) is 5.75 Å². The summed E-state index contributed by atoms with van der Waals surface area (Å²) in [6, 6.07) is 14.1. The number of H-pyrrole nitrogens is 1. The number of nitrogens with one attached hydrogen (secondary N) is 2. The fourth-order valence-corrected chi connectivity index (χ4v) is 4.03. The van der Waals surface area contributed by atoms with Gasteiger partial charge in [0.15, 0.2) is 5.11 Å². The molecule has 7 heteroatoms. The van der Waals surface area contributed by atoms with Gasteiger partial charge in [-0.25, -0.2) is 0 Å². The standard InChI is InChI=1S/C26H34N4O2S/c1-18-7-8-19(2)24-23(18)15-21(25(31)28-24)17-30(26(33)27-13-6-14-29(3)4)16-20-9-11-22(32-5)12-10-20/h7-12,15H,6,13-14,16-17H2,1-5H3,(H,27,33)(H,28,31). The molecule has 0 unspecified atom stereocenters. The van der Waals surface area contributed by atoms with Gasteiger partial charge in [0, 0.05) is 24.0 Å². The third kappa shape index (κ3) is 6.55. The molecule has 0 aliphatic heterocycles. The number of pyridine rings is 1. The number of aryl methyl sites for hydroxylation is 2. The van der Waals surface area contributed by atoms with Crippen molar-refractivity contribution in [3.05, 3.63) is 75.1 Å². The lowest BCUT2D eigenvalue weighted by molar-refractivity contribution is 0.383. The molecule has 6 nitrogen and oxygen atoms in total. The molecule has 3 aromatic rings. The predicted octanol–water partition coefficient (Wildman–Crippen LogP) is 3.98. The fourth-order valence-electron chi connectivity index (χ4n) is 3.79. The molecule has 2 N–H and O–H groups in total. The zero-order chi connectivity index (χ0) is 24.0. The van der Waals surface area contributed by atoms with Crippen LogP contribution >= 0.6 is 12.2 Å². The second kappa shape index (κ2) is 11.3. The highest BCUT2D eigenvalue weighted by molar-refractivity contribution is 7.80. The number of hydrogen-bond donors (Lipinski definition) is 2. The summed E-state index contributed by atoms with van der Waals surface area (Å²) in [4.78, 5) is 20.2. The first-order chi connectivity index (χ1) is 15.8. The number of fused-ring (bicyclic) bond motifs is 1. The predicted molar refractivity (Wildman–Crippen MR) is 140 cm³/mol. The van der Waals surface area contributed by atoms with Gasteiger partial charge in [0.2, 0.25) is 0 Å². The van der Waals surface area contributed by atoms with Crippen molar-refractivity contribution in [1.29, 1.82) is 0 Å². The summed E-state index contributed by atoms with van der Waals surface area (Å²) in [7, 11) is 5.78. The lowest BCUT2D eigenvalue weighted by Crippen LogP contribution is -2.40. The molecule has 0 aliphatic rings. The summed E-state index contributed by atoms with van der Waals surface area (Å²) >= 11 is 5.75. The highest BCUT2D eigenvalue weighted by Gasteiger charge is 2.15. The van der Waals surface area contributed by atoms with Crippen LogP contribution < -0.4 is 15.6 Å². The van der Waals surface area contributed by atoms with Crippen LogP contribution in [0.3, 0.4) is 0 Å². The van der Waals surface area contributed by atoms with Crippen molar-refractivity contribution in [2.75, 3.05) is 34.3 Å². The smallest absolute Gasteiger partial charge is 0.253 e. The van der Waals surface area contributed by atoms with Crippen LogP contribution in [0.2, 0.25) is 0 Å². The minimum atomic E-state index is -0.0775. The van der Waals surface area contributed by atoms with E-state index >= 15 is 0 Å². The maximum atomic E-state index is 13.0. The van der Waals surface area contributed by atoms with Crippen molar-refractivity contribution in [2.24, 2.45) is 0 Å². The number of nitrogens with zero attached hydrogens (tertiary/aromatic N) is 2. The summed E-state index contributed by atoms with van der Waals surface area (Å²) < 4.78 is 5.28. The average molecular weight is 467 g/mol. The normalized spacial score (nSPS) is 11.1. The van der Waals surface area contributed by atoms with E-state index < -0.39 is 0 Å². The number of hydrogen-bond acceptors (Lipinski definition) is 4. The highest BCUT2D eigenvalue weighted by Crippen LogP contribution is 2.21. The van der Waals surface area contributed by atoms with Crippen LogP contribution in [0.25, 0.3) is 10.9 Å². The number of rotatable bonds is 9. The molecule has 1 heterocycles. The summed E-state index contributed by atoms with van der Waals surface area (Å²) in [5.74, 6) is 0.812. The Hall–Kier alpha value is -2.90. The molecule has 0 saturated heterocycles. The van der Waals surface area contributed by atoms with Gasteiger partial charge < -0.3 is 24.8 Å². The van der Waals surface area contributed by atoms with Gasteiger partial charge in [-0.15, -0.1) is 0 Å². The first-order valence-corrected chi connectivity index (χ1v) is 11.6. The van der Waals surface area contributed by atoms with Gasteiger partial charge in [-0.3, -0.25) is 4.79 Å². The number of thiocarbonyl (C=S) groups is 1. The van der Waals surface area contributed by atoms with Crippen molar-refractivity contribution in [2.45, 2.75) is 33.4 Å². The van der Waals surface area contributed by atoms with Crippen LogP contribution in [-0.2, 0) is 13.1 Å². The van der Waals surface area contributed by atoms with Crippen LogP contribution in [0.1, 0.15) is 28.7 Å². The molecule has 0 fully saturated rings. The Morgan fingerprint density at radius 2 is 1.76 bits per heavy atom. The highest BCUT2D eigenvalue weighted by atomic mass is 32.1. The molecule has 176 valence electrons. The summed E-state index contributed by atoms with van der Waals surface area (Å²) in [5.41, 5.74) is 4.81. The molecule has 2 aromatic carbocycles. The van der Waals surface area contributed by atoms with Crippen LogP contribution in [0.5, 0.6) is 5.75 Å². The Morgan fingerprint density at radius 1 is 1.06 bits per heavy atom. The third-order valence-corrected chi connectivity index (χ3v) is 6.16. The molecular formula is C26H34N4O2S.